The molecule has 3 saturated heterocycles. The Morgan fingerprint density at radius 2 is 2.26 bits per heavy atom. The molecule has 118 valence electrons. The first kappa shape index (κ1) is 12.9. The van der Waals surface area contributed by atoms with Crippen LogP contribution in [0.4, 0.5) is 5.69 Å². The fourth-order valence-electron chi connectivity index (χ4n) is 6.95. The van der Waals surface area contributed by atoms with Crippen molar-refractivity contribution in [3.05, 3.63) is 42.5 Å². The van der Waals surface area contributed by atoms with Crippen molar-refractivity contribution >= 4 is 11.4 Å². The largest absolute Gasteiger partial charge is 0.372 e. The van der Waals surface area contributed by atoms with Crippen LogP contribution in [0.15, 0.2) is 41.9 Å². The highest BCUT2D eigenvalue weighted by Gasteiger charge is 2.74. The first-order valence-corrected chi connectivity index (χ1v) is 8.85. The molecular weight excluding hydrogens is 284 g/mol. The maximum absolute atomic E-state index is 6.32. The maximum atomic E-state index is 6.32. The maximum Gasteiger partial charge on any atom is 0.0968 e. The summed E-state index contributed by atoms with van der Waals surface area (Å²) < 4.78 is 6.32. The van der Waals surface area contributed by atoms with Crippen LogP contribution in [-0.2, 0) is 10.2 Å². The molecule has 5 bridgehead atoms. The third kappa shape index (κ3) is 1.15. The topological polar surface area (TPSA) is 24.8 Å². The normalized spacial score (nSPS) is 48.8. The van der Waals surface area contributed by atoms with E-state index in [4.69, 9.17) is 9.73 Å². The highest BCUT2D eigenvalue weighted by molar-refractivity contribution is 6.07. The number of ether oxygens (including phenoxy) is 1. The lowest BCUT2D eigenvalue weighted by Crippen LogP contribution is -2.78. The van der Waals surface area contributed by atoms with Crippen LogP contribution in [0.5, 0.6) is 0 Å². The Hall–Kier alpha value is -1.45. The fraction of sp³-hybridized carbons (Fsp3) is 0.550. The van der Waals surface area contributed by atoms with Crippen LogP contribution in [0.3, 0.4) is 0 Å². The highest BCUT2D eigenvalue weighted by Crippen LogP contribution is 2.70. The summed E-state index contributed by atoms with van der Waals surface area (Å²) in [5, 5.41) is 0. The Bertz CT molecular complexity index is 771. The van der Waals surface area contributed by atoms with Gasteiger partial charge in [-0.2, -0.15) is 0 Å². The number of benzene rings is 1. The van der Waals surface area contributed by atoms with Gasteiger partial charge >= 0.3 is 0 Å². The van der Waals surface area contributed by atoms with Crippen molar-refractivity contribution in [1.82, 2.24) is 4.90 Å². The van der Waals surface area contributed by atoms with Crippen molar-refractivity contribution in [2.24, 2.45) is 22.2 Å². The minimum Gasteiger partial charge on any atom is -0.372 e. The van der Waals surface area contributed by atoms with Crippen LogP contribution < -0.4 is 0 Å². The van der Waals surface area contributed by atoms with Gasteiger partial charge in [-0.05, 0) is 37.4 Å². The summed E-state index contributed by atoms with van der Waals surface area (Å²) in [6.07, 6.45) is 4.85. The second-order valence-electron chi connectivity index (χ2n) is 8.18. The van der Waals surface area contributed by atoms with Gasteiger partial charge in [0.2, 0.25) is 0 Å². The summed E-state index contributed by atoms with van der Waals surface area (Å²) >= 11 is 0. The Morgan fingerprint density at radius 1 is 1.39 bits per heavy atom. The number of para-hydroxylation sites is 1. The molecule has 3 heteroatoms. The van der Waals surface area contributed by atoms with E-state index in [9.17, 15) is 0 Å². The molecule has 5 fully saturated rings. The van der Waals surface area contributed by atoms with Crippen molar-refractivity contribution in [1.29, 1.82) is 0 Å². The van der Waals surface area contributed by atoms with E-state index in [1.165, 1.54) is 23.4 Å². The fourth-order valence-corrected chi connectivity index (χ4v) is 6.95. The summed E-state index contributed by atoms with van der Waals surface area (Å²) in [7, 11) is 2.29. The van der Waals surface area contributed by atoms with Gasteiger partial charge in [0, 0.05) is 23.9 Å². The predicted molar refractivity (Wildman–Crippen MR) is 90.2 cm³/mol. The lowest BCUT2D eigenvalue weighted by molar-refractivity contribution is -0.190. The molecular formula is C20H22N2O. The molecule has 0 unspecified atom stereocenters. The van der Waals surface area contributed by atoms with Gasteiger partial charge in [0.05, 0.1) is 29.5 Å². The van der Waals surface area contributed by atoms with Crippen LogP contribution >= 0.6 is 0 Å². The number of rotatable bonds is 1. The molecule has 4 aliphatic heterocycles. The lowest BCUT2D eigenvalue weighted by Gasteiger charge is -2.72. The number of hydrogen-bond donors (Lipinski definition) is 0. The smallest absolute Gasteiger partial charge is 0.0968 e. The number of aliphatic imine (C=N–C) groups is 1. The van der Waals surface area contributed by atoms with E-state index >= 15 is 0 Å². The molecule has 0 aromatic heterocycles. The van der Waals surface area contributed by atoms with Crippen LogP contribution in [0.1, 0.15) is 18.4 Å². The van der Waals surface area contributed by atoms with Gasteiger partial charge in [-0.25, -0.2) is 0 Å². The molecule has 0 amide bonds. The third-order valence-electron chi connectivity index (χ3n) is 7.73. The molecule has 4 heterocycles. The lowest BCUT2D eigenvalue weighted by atomic mass is 9.38. The average molecular weight is 306 g/mol. The van der Waals surface area contributed by atoms with Crippen LogP contribution in [-0.4, -0.2) is 43.0 Å². The van der Waals surface area contributed by atoms with Crippen LogP contribution in [0, 0.1) is 17.3 Å². The van der Waals surface area contributed by atoms with E-state index in [2.05, 4.69) is 48.9 Å². The quantitative estimate of drug-likeness (QED) is 0.745. The molecule has 6 atom stereocenters. The molecule has 2 aliphatic carbocycles. The van der Waals surface area contributed by atoms with Gasteiger partial charge in [0.25, 0.3) is 0 Å². The second-order valence-corrected chi connectivity index (χ2v) is 8.18. The van der Waals surface area contributed by atoms with Crippen LogP contribution in [0.2, 0.25) is 0 Å². The van der Waals surface area contributed by atoms with E-state index in [0.29, 0.717) is 17.9 Å². The standard InChI is InChI=1S/C20H22N2O/c1-3-19-11-22(2)16-9-20(19)13-6-4-5-7-15(13)21-18(20)17-8-14(19)12(16)10-23-17/h3-7,12,14,16-17H,1,8-11H2,2H3/t12-,14-,16+,17-,19+,20+/m1/s1. The number of piperidine rings is 2. The van der Waals surface area contributed by atoms with Crippen molar-refractivity contribution in [3.63, 3.8) is 0 Å². The van der Waals surface area contributed by atoms with Crippen LogP contribution in [0.25, 0.3) is 0 Å². The Morgan fingerprint density at radius 3 is 3.13 bits per heavy atom. The minimum atomic E-state index is 0.0347. The minimum absolute atomic E-state index is 0.0347. The van der Waals surface area contributed by atoms with Gasteiger partial charge < -0.3 is 9.64 Å². The van der Waals surface area contributed by atoms with E-state index in [1.807, 2.05) is 0 Å². The van der Waals surface area contributed by atoms with E-state index in [-0.39, 0.29) is 16.9 Å². The van der Waals surface area contributed by atoms with E-state index in [0.717, 1.165) is 19.6 Å². The number of fused-ring (bicyclic) bond motifs is 4. The van der Waals surface area contributed by atoms with Crippen molar-refractivity contribution in [2.45, 2.75) is 30.4 Å². The summed E-state index contributed by atoms with van der Waals surface area (Å²) in [5.74, 6) is 1.35. The Kier molecular flexibility index (Phi) is 2.12. The molecule has 0 N–H and O–H groups in total. The van der Waals surface area contributed by atoms with E-state index < -0.39 is 0 Å². The average Bonchev–Trinajstić information content (AvgIpc) is 2.90. The first-order chi connectivity index (χ1) is 11.2. The summed E-state index contributed by atoms with van der Waals surface area (Å²) in [5.41, 5.74) is 4.07. The Balaban J connectivity index is 1.72. The highest BCUT2D eigenvalue weighted by atomic mass is 16.5. The zero-order valence-electron chi connectivity index (χ0n) is 13.5. The van der Waals surface area contributed by atoms with Gasteiger partial charge in [-0.15, -0.1) is 6.58 Å². The zero-order chi connectivity index (χ0) is 15.4. The van der Waals surface area contributed by atoms with Gasteiger partial charge in [0.15, 0.2) is 0 Å². The molecule has 2 saturated carbocycles. The summed E-state index contributed by atoms with van der Waals surface area (Å²) in [6, 6.07) is 9.39. The molecule has 0 radical (unpaired) electrons. The zero-order valence-corrected chi connectivity index (χ0v) is 13.5. The molecule has 1 aromatic rings. The second kappa shape index (κ2) is 3.79. The Labute approximate surface area is 137 Å². The first-order valence-electron chi connectivity index (χ1n) is 8.85. The molecule has 7 rings (SSSR count). The van der Waals surface area contributed by atoms with Crippen molar-refractivity contribution < 1.29 is 4.74 Å². The molecule has 1 spiro atoms. The molecule has 3 nitrogen and oxygen atoms in total. The van der Waals surface area contributed by atoms with Crippen molar-refractivity contribution in [3.8, 4) is 0 Å². The molecule has 1 aromatic carbocycles. The summed E-state index contributed by atoms with van der Waals surface area (Å²) in [4.78, 5) is 7.70. The summed E-state index contributed by atoms with van der Waals surface area (Å²) in [6.45, 7) is 6.37. The third-order valence-corrected chi connectivity index (χ3v) is 7.73. The number of hydrogen-bond acceptors (Lipinski definition) is 3. The van der Waals surface area contributed by atoms with Gasteiger partial charge in [0.1, 0.15) is 0 Å². The predicted octanol–water partition coefficient (Wildman–Crippen LogP) is 2.94. The molecule has 23 heavy (non-hydrogen) atoms. The van der Waals surface area contributed by atoms with Crippen molar-refractivity contribution in [2.75, 3.05) is 20.2 Å². The molecule has 6 aliphatic rings. The van der Waals surface area contributed by atoms with Gasteiger partial charge in [-0.3, -0.25) is 4.99 Å². The number of nitrogens with zero attached hydrogens (tertiary/aromatic N) is 2. The monoisotopic (exact) mass is 306 g/mol. The van der Waals surface area contributed by atoms with Gasteiger partial charge in [-0.1, -0.05) is 24.3 Å². The van der Waals surface area contributed by atoms with E-state index in [1.54, 1.807) is 0 Å². The SMILES string of the molecule is C=C[C@@]12CN(C)[C@H]3C[C@]14C(=Nc1ccccc14)[C@H]1C[C@@H]2[C@H]3CO1.